The molecule has 0 bridgehead atoms. The fraction of sp³-hybridized carbons (Fsp3) is 0.278. The van der Waals surface area contributed by atoms with E-state index >= 15 is 0 Å². The monoisotopic (exact) mass is 326 g/mol. The summed E-state index contributed by atoms with van der Waals surface area (Å²) < 4.78 is 6.30. The molecule has 6 heteroatoms. The van der Waals surface area contributed by atoms with Gasteiger partial charge >= 0.3 is 5.97 Å². The van der Waals surface area contributed by atoms with Gasteiger partial charge in [0, 0.05) is 31.4 Å². The summed E-state index contributed by atoms with van der Waals surface area (Å²) in [6.45, 7) is 0.394. The maximum atomic E-state index is 12.9. The molecule has 0 spiro atoms. The smallest absolute Gasteiger partial charge is 0.333 e. The Kier molecular flexibility index (Phi) is 4.20. The largest absolute Gasteiger partial charge is 0.467 e. The average molecular weight is 326 g/mol. The molecule has 1 aromatic heterocycles. The predicted octanol–water partition coefficient (Wildman–Crippen LogP) is 1.30. The van der Waals surface area contributed by atoms with Gasteiger partial charge in [-0.2, -0.15) is 0 Å². The Morgan fingerprint density at radius 2 is 1.96 bits per heavy atom. The van der Waals surface area contributed by atoms with Crippen LogP contribution in [0.15, 0.2) is 47.4 Å². The molecule has 0 fully saturated rings. The number of rotatable bonds is 2. The summed E-state index contributed by atoms with van der Waals surface area (Å²) in [5, 5.41) is 0. The summed E-state index contributed by atoms with van der Waals surface area (Å²) in [5.74, 6) is -0.836. The lowest BCUT2D eigenvalue weighted by atomic mass is 9.92. The van der Waals surface area contributed by atoms with Gasteiger partial charge in [-0.15, -0.1) is 0 Å². The van der Waals surface area contributed by atoms with Crippen LogP contribution in [0.4, 0.5) is 0 Å². The lowest BCUT2D eigenvalue weighted by Crippen LogP contribution is -2.44. The van der Waals surface area contributed by atoms with E-state index in [1.165, 1.54) is 22.6 Å². The van der Waals surface area contributed by atoms with Gasteiger partial charge in [0.1, 0.15) is 0 Å². The van der Waals surface area contributed by atoms with E-state index in [1.54, 1.807) is 19.3 Å². The zero-order chi connectivity index (χ0) is 17.3. The SMILES string of the molecule is COC(=O)[C@H]1c2ccccc2CCN1C(=O)c1ccn(C)c(=O)c1. The zero-order valence-corrected chi connectivity index (χ0v) is 13.6. The maximum Gasteiger partial charge on any atom is 0.333 e. The van der Waals surface area contributed by atoms with Gasteiger partial charge in [0.2, 0.25) is 0 Å². The van der Waals surface area contributed by atoms with Gasteiger partial charge in [-0.1, -0.05) is 24.3 Å². The summed E-state index contributed by atoms with van der Waals surface area (Å²) in [6, 6.07) is 9.60. The number of fused-ring (bicyclic) bond motifs is 1. The number of pyridine rings is 1. The molecule has 0 radical (unpaired) electrons. The number of esters is 1. The van der Waals surface area contributed by atoms with Gasteiger partial charge < -0.3 is 14.2 Å². The summed E-state index contributed by atoms with van der Waals surface area (Å²) in [4.78, 5) is 38.5. The first-order chi connectivity index (χ1) is 11.5. The van der Waals surface area contributed by atoms with Gasteiger partial charge in [-0.25, -0.2) is 4.79 Å². The molecule has 1 amide bonds. The van der Waals surface area contributed by atoms with Crippen LogP contribution in [0, 0.1) is 0 Å². The molecule has 2 heterocycles. The molecule has 0 aliphatic carbocycles. The Morgan fingerprint density at radius 1 is 1.21 bits per heavy atom. The quantitative estimate of drug-likeness (QED) is 0.780. The van der Waals surface area contributed by atoms with E-state index in [0.29, 0.717) is 13.0 Å². The molecule has 24 heavy (non-hydrogen) atoms. The fourth-order valence-corrected chi connectivity index (χ4v) is 3.00. The first-order valence-electron chi connectivity index (χ1n) is 7.66. The topological polar surface area (TPSA) is 68.6 Å². The van der Waals surface area contributed by atoms with Gasteiger partial charge in [0.05, 0.1) is 7.11 Å². The number of ether oxygens (including phenoxy) is 1. The van der Waals surface area contributed by atoms with Crippen molar-refractivity contribution < 1.29 is 14.3 Å². The van der Waals surface area contributed by atoms with E-state index in [9.17, 15) is 14.4 Å². The van der Waals surface area contributed by atoms with Gasteiger partial charge in [0.15, 0.2) is 6.04 Å². The number of carbonyl (C=O) groups excluding carboxylic acids is 2. The minimum atomic E-state index is -0.795. The van der Waals surface area contributed by atoms with E-state index in [0.717, 1.165) is 11.1 Å². The zero-order valence-electron chi connectivity index (χ0n) is 13.6. The van der Waals surface area contributed by atoms with Gasteiger partial charge in [-0.05, 0) is 23.6 Å². The van der Waals surface area contributed by atoms with Crippen LogP contribution < -0.4 is 5.56 Å². The lowest BCUT2D eigenvalue weighted by Gasteiger charge is -2.35. The Balaban J connectivity index is 2.02. The average Bonchev–Trinajstić information content (AvgIpc) is 2.61. The molecule has 0 saturated heterocycles. The highest BCUT2D eigenvalue weighted by Gasteiger charge is 2.37. The van der Waals surface area contributed by atoms with Crippen LogP contribution in [-0.2, 0) is 23.0 Å². The van der Waals surface area contributed by atoms with Crippen LogP contribution in [0.3, 0.4) is 0 Å². The minimum Gasteiger partial charge on any atom is -0.467 e. The molecule has 6 nitrogen and oxygen atoms in total. The Bertz CT molecular complexity index is 856. The molecule has 0 N–H and O–H groups in total. The number of methoxy groups -OCH3 is 1. The van der Waals surface area contributed by atoms with Crippen molar-refractivity contribution in [1.82, 2.24) is 9.47 Å². The van der Waals surface area contributed by atoms with Crippen molar-refractivity contribution in [1.29, 1.82) is 0 Å². The van der Waals surface area contributed by atoms with Gasteiger partial charge in [0.25, 0.3) is 11.5 Å². The normalized spacial score (nSPS) is 16.4. The van der Waals surface area contributed by atoms with Crippen molar-refractivity contribution in [3.63, 3.8) is 0 Å². The third kappa shape index (κ3) is 2.71. The highest BCUT2D eigenvalue weighted by molar-refractivity contribution is 5.97. The van der Waals surface area contributed by atoms with Crippen LogP contribution in [0.2, 0.25) is 0 Å². The molecule has 1 aromatic carbocycles. The standard InChI is InChI=1S/C18H18N2O4/c1-19-9-7-13(11-15(19)21)17(22)20-10-8-12-5-3-4-6-14(12)16(20)18(23)24-2/h3-7,9,11,16H,8,10H2,1-2H3/t16-/m1/s1. The molecule has 2 aromatic rings. The molecule has 3 rings (SSSR count). The van der Waals surface area contributed by atoms with Gasteiger partial charge in [-0.3, -0.25) is 9.59 Å². The maximum absolute atomic E-state index is 12.9. The summed E-state index contributed by atoms with van der Waals surface area (Å²) in [6.07, 6.45) is 2.20. The third-order valence-electron chi connectivity index (χ3n) is 4.32. The third-order valence-corrected chi connectivity index (χ3v) is 4.32. The minimum absolute atomic E-state index is 0.270. The van der Waals surface area contributed by atoms with Crippen LogP contribution in [0.5, 0.6) is 0 Å². The predicted molar refractivity (Wildman–Crippen MR) is 87.6 cm³/mol. The van der Waals surface area contributed by atoms with Crippen molar-refractivity contribution in [2.24, 2.45) is 7.05 Å². The molecule has 0 saturated carbocycles. The summed E-state index contributed by atoms with van der Waals surface area (Å²) in [5.41, 5.74) is 1.80. The molecule has 1 aliphatic heterocycles. The first-order valence-corrected chi connectivity index (χ1v) is 7.66. The molecule has 1 atom stereocenters. The Labute approximate surface area is 139 Å². The van der Waals surface area contributed by atoms with Crippen molar-refractivity contribution in [2.45, 2.75) is 12.5 Å². The molecular weight excluding hydrogens is 308 g/mol. The van der Waals surface area contributed by atoms with Crippen LogP contribution >= 0.6 is 0 Å². The van der Waals surface area contributed by atoms with Crippen molar-refractivity contribution in [3.05, 3.63) is 69.6 Å². The fourth-order valence-electron chi connectivity index (χ4n) is 3.00. The number of nitrogens with zero attached hydrogens (tertiary/aromatic N) is 2. The van der Waals surface area contributed by atoms with Crippen molar-refractivity contribution in [3.8, 4) is 0 Å². The Hall–Kier alpha value is -2.89. The number of amides is 1. The number of hydrogen-bond donors (Lipinski definition) is 0. The number of aryl methyl sites for hydroxylation is 1. The Morgan fingerprint density at radius 3 is 2.67 bits per heavy atom. The number of carbonyl (C=O) groups is 2. The number of hydrogen-bond acceptors (Lipinski definition) is 4. The van der Waals surface area contributed by atoms with Crippen LogP contribution in [0.25, 0.3) is 0 Å². The van der Waals surface area contributed by atoms with Crippen molar-refractivity contribution in [2.75, 3.05) is 13.7 Å². The van der Waals surface area contributed by atoms with Crippen LogP contribution in [-0.4, -0.2) is 35.0 Å². The number of aromatic nitrogens is 1. The highest BCUT2D eigenvalue weighted by Crippen LogP contribution is 2.31. The lowest BCUT2D eigenvalue weighted by molar-refractivity contribution is -0.146. The molecule has 1 aliphatic rings. The second kappa shape index (κ2) is 6.31. The molecule has 0 unspecified atom stereocenters. The summed E-state index contributed by atoms with van der Waals surface area (Å²) >= 11 is 0. The van der Waals surface area contributed by atoms with Crippen molar-refractivity contribution >= 4 is 11.9 Å². The second-order valence-electron chi connectivity index (χ2n) is 5.74. The van der Waals surface area contributed by atoms with E-state index in [2.05, 4.69) is 0 Å². The number of benzene rings is 1. The van der Waals surface area contributed by atoms with E-state index in [1.807, 2.05) is 24.3 Å². The highest BCUT2D eigenvalue weighted by atomic mass is 16.5. The van der Waals surface area contributed by atoms with E-state index in [4.69, 9.17) is 4.74 Å². The molecule has 124 valence electrons. The molecular formula is C18H18N2O4. The first kappa shape index (κ1) is 16.0. The van der Waals surface area contributed by atoms with Crippen LogP contribution in [0.1, 0.15) is 27.5 Å². The second-order valence-corrected chi connectivity index (χ2v) is 5.74. The summed E-state index contributed by atoms with van der Waals surface area (Å²) in [7, 11) is 2.92. The van der Waals surface area contributed by atoms with E-state index < -0.39 is 12.0 Å². The van der Waals surface area contributed by atoms with E-state index in [-0.39, 0.29) is 17.0 Å².